The molecule has 0 saturated heterocycles. The van der Waals surface area contributed by atoms with Crippen LogP contribution in [0.2, 0.25) is 0 Å². The average Bonchev–Trinajstić information content (AvgIpc) is 3.11. The van der Waals surface area contributed by atoms with Crippen LogP contribution in [0, 0.1) is 17.2 Å². The molecular weight excluding hydrogens is 345 g/mol. The van der Waals surface area contributed by atoms with Crippen molar-refractivity contribution in [3.05, 3.63) is 30.0 Å². The first-order valence-corrected chi connectivity index (χ1v) is 9.59. The predicted octanol–water partition coefficient (Wildman–Crippen LogP) is 3.12. The molecule has 1 amide bonds. The lowest BCUT2D eigenvalue weighted by molar-refractivity contribution is -0.120. The molecule has 2 atom stereocenters. The fraction of sp³-hybridized carbons (Fsp3) is 0.550. The fourth-order valence-corrected chi connectivity index (χ4v) is 4.28. The summed E-state index contributed by atoms with van der Waals surface area (Å²) in [6, 6.07) is 1.68. The summed E-state index contributed by atoms with van der Waals surface area (Å²) in [6.07, 6.45) is 7.15. The van der Waals surface area contributed by atoms with Crippen LogP contribution in [-0.4, -0.2) is 26.7 Å². The third kappa shape index (κ3) is 3.60. The Morgan fingerprint density at radius 2 is 2.15 bits per heavy atom. The number of nitrogens with zero attached hydrogens (tertiary/aromatic N) is 3. The van der Waals surface area contributed by atoms with Crippen LogP contribution in [-0.2, 0) is 17.8 Å². The van der Waals surface area contributed by atoms with Crippen molar-refractivity contribution in [2.24, 2.45) is 17.1 Å². The normalized spacial score (nSPS) is 23.9. The monoisotopic (exact) mass is 371 g/mol. The minimum absolute atomic E-state index is 0.0737. The summed E-state index contributed by atoms with van der Waals surface area (Å²) >= 11 is 0. The van der Waals surface area contributed by atoms with Crippen LogP contribution in [0.5, 0.6) is 0 Å². The molecule has 0 spiro atoms. The molecule has 2 aromatic rings. The second kappa shape index (κ2) is 6.71. The van der Waals surface area contributed by atoms with Crippen LogP contribution < -0.4 is 11.1 Å². The number of amides is 1. The Labute approximate surface area is 158 Å². The quantitative estimate of drug-likeness (QED) is 0.868. The van der Waals surface area contributed by atoms with Gasteiger partial charge in [-0.15, -0.1) is 0 Å². The number of aromatic nitrogens is 3. The maximum atomic E-state index is 14.5. The highest BCUT2D eigenvalue weighted by Gasteiger charge is 2.32. The largest absolute Gasteiger partial charge is 0.328 e. The number of fused-ring (bicyclic) bond motifs is 1. The van der Waals surface area contributed by atoms with E-state index in [1.54, 1.807) is 12.3 Å². The fourth-order valence-electron chi connectivity index (χ4n) is 4.28. The van der Waals surface area contributed by atoms with E-state index in [4.69, 9.17) is 5.73 Å². The van der Waals surface area contributed by atoms with Gasteiger partial charge in [0, 0.05) is 35.3 Å². The Morgan fingerprint density at radius 3 is 2.93 bits per heavy atom. The molecular formula is C20H26FN5O. The van der Waals surface area contributed by atoms with Crippen molar-refractivity contribution in [3.63, 3.8) is 0 Å². The minimum Gasteiger partial charge on any atom is -0.328 e. The van der Waals surface area contributed by atoms with E-state index < -0.39 is 5.82 Å². The smallest absolute Gasteiger partial charge is 0.228 e. The number of hydrogen-bond donors (Lipinski definition) is 2. The van der Waals surface area contributed by atoms with Crippen LogP contribution in [0.15, 0.2) is 18.5 Å². The van der Waals surface area contributed by atoms with Crippen molar-refractivity contribution in [3.8, 4) is 11.1 Å². The second-order valence-electron chi connectivity index (χ2n) is 8.67. The van der Waals surface area contributed by atoms with Crippen molar-refractivity contribution in [2.45, 2.75) is 58.5 Å². The summed E-state index contributed by atoms with van der Waals surface area (Å²) in [5.74, 6) is -0.234. The summed E-state index contributed by atoms with van der Waals surface area (Å²) in [7, 11) is 0. The zero-order valence-electron chi connectivity index (χ0n) is 15.8. The second-order valence-corrected chi connectivity index (χ2v) is 8.67. The Balaban J connectivity index is 1.57. The van der Waals surface area contributed by atoms with Crippen LogP contribution in [0.1, 0.15) is 45.2 Å². The summed E-state index contributed by atoms with van der Waals surface area (Å²) in [5.41, 5.74) is 8.33. The average molecular weight is 371 g/mol. The summed E-state index contributed by atoms with van der Waals surface area (Å²) < 4.78 is 16.4. The van der Waals surface area contributed by atoms with Gasteiger partial charge in [0.25, 0.3) is 0 Å². The van der Waals surface area contributed by atoms with E-state index in [2.05, 4.69) is 29.2 Å². The Kier molecular flexibility index (Phi) is 4.50. The number of hydrogen-bond acceptors (Lipinski definition) is 4. The van der Waals surface area contributed by atoms with Crippen molar-refractivity contribution < 1.29 is 9.18 Å². The van der Waals surface area contributed by atoms with E-state index in [9.17, 15) is 9.18 Å². The molecule has 2 aliphatic rings. The third-order valence-corrected chi connectivity index (χ3v) is 5.65. The maximum Gasteiger partial charge on any atom is 0.228 e. The molecule has 7 heteroatoms. The van der Waals surface area contributed by atoms with Crippen molar-refractivity contribution in [1.82, 2.24) is 14.8 Å². The molecule has 27 heavy (non-hydrogen) atoms. The van der Waals surface area contributed by atoms with E-state index in [-0.39, 0.29) is 23.3 Å². The van der Waals surface area contributed by atoms with Gasteiger partial charge < -0.3 is 11.1 Å². The standard InChI is InChI=1S/C20H26FN5O/c1-20(2)8-17-15(9-24-26(17)11-20)14-7-18(23-10-16(14)21)25-19(27)12-4-3-5-13(22)6-12/h7,9-10,12-13H,3-6,8,11,22H2,1-2H3,(H,23,25,27)/t12-,13?/m1/s1. The number of nitrogens with one attached hydrogen (secondary N) is 1. The van der Waals surface area contributed by atoms with Crippen LogP contribution in [0.4, 0.5) is 10.2 Å². The first kappa shape index (κ1) is 18.1. The molecule has 0 bridgehead atoms. The van der Waals surface area contributed by atoms with Crippen LogP contribution in [0.3, 0.4) is 0 Å². The summed E-state index contributed by atoms with van der Waals surface area (Å²) in [5, 5.41) is 7.26. The van der Waals surface area contributed by atoms with Gasteiger partial charge in [0.2, 0.25) is 5.91 Å². The molecule has 2 aromatic heterocycles. The van der Waals surface area contributed by atoms with Crippen molar-refractivity contribution >= 4 is 11.7 Å². The van der Waals surface area contributed by atoms with Crippen molar-refractivity contribution in [2.75, 3.05) is 5.32 Å². The zero-order valence-corrected chi connectivity index (χ0v) is 15.8. The van der Waals surface area contributed by atoms with E-state index >= 15 is 0 Å². The molecule has 1 fully saturated rings. The Hall–Kier alpha value is -2.28. The first-order chi connectivity index (χ1) is 12.8. The maximum absolute atomic E-state index is 14.5. The van der Waals surface area contributed by atoms with Gasteiger partial charge in [-0.05, 0) is 37.2 Å². The van der Waals surface area contributed by atoms with Gasteiger partial charge in [-0.3, -0.25) is 9.48 Å². The lowest BCUT2D eigenvalue weighted by atomic mass is 9.85. The lowest BCUT2D eigenvalue weighted by Gasteiger charge is -2.25. The molecule has 1 unspecified atom stereocenters. The molecule has 3 heterocycles. The number of carbonyl (C=O) groups excluding carboxylic acids is 1. The van der Waals surface area contributed by atoms with Gasteiger partial charge >= 0.3 is 0 Å². The molecule has 144 valence electrons. The molecule has 1 aliphatic carbocycles. The highest BCUT2D eigenvalue weighted by molar-refractivity contribution is 5.92. The van der Waals surface area contributed by atoms with Gasteiger partial charge in [0.1, 0.15) is 11.6 Å². The van der Waals surface area contributed by atoms with E-state index in [1.807, 2.05) is 4.68 Å². The summed E-state index contributed by atoms with van der Waals surface area (Å²) in [4.78, 5) is 16.6. The number of rotatable bonds is 3. The highest BCUT2D eigenvalue weighted by Crippen LogP contribution is 2.38. The molecule has 0 radical (unpaired) electrons. The van der Waals surface area contributed by atoms with Crippen molar-refractivity contribution in [1.29, 1.82) is 0 Å². The molecule has 6 nitrogen and oxygen atoms in total. The predicted molar refractivity (Wildman–Crippen MR) is 101 cm³/mol. The lowest BCUT2D eigenvalue weighted by Crippen LogP contribution is -2.34. The van der Waals surface area contributed by atoms with Crippen LogP contribution >= 0.6 is 0 Å². The van der Waals surface area contributed by atoms with Crippen LogP contribution in [0.25, 0.3) is 11.1 Å². The molecule has 0 aromatic carbocycles. The molecule has 4 rings (SSSR count). The highest BCUT2D eigenvalue weighted by atomic mass is 19.1. The molecule has 1 saturated carbocycles. The van der Waals surface area contributed by atoms with Gasteiger partial charge in [0.05, 0.1) is 12.4 Å². The topological polar surface area (TPSA) is 85.8 Å². The number of anilines is 1. The summed E-state index contributed by atoms with van der Waals surface area (Å²) in [6.45, 7) is 5.17. The van der Waals surface area contributed by atoms with Gasteiger partial charge in [-0.2, -0.15) is 5.10 Å². The zero-order chi connectivity index (χ0) is 19.2. The van der Waals surface area contributed by atoms with E-state index in [0.29, 0.717) is 17.8 Å². The number of nitrogens with two attached hydrogens (primary N) is 1. The molecule has 1 aliphatic heterocycles. The number of pyridine rings is 1. The third-order valence-electron chi connectivity index (χ3n) is 5.65. The Morgan fingerprint density at radius 1 is 1.33 bits per heavy atom. The minimum atomic E-state index is -0.409. The Bertz CT molecular complexity index is 875. The number of carbonyl (C=O) groups is 1. The first-order valence-electron chi connectivity index (χ1n) is 9.59. The van der Waals surface area contributed by atoms with Gasteiger partial charge in [0.15, 0.2) is 0 Å². The van der Waals surface area contributed by atoms with Gasteiger partial charge in [-0.1, -0.05) is 20.3 Å². The van der Waals surface area contributed by atoms with E-state index in [1.165, 1.54) is 6.20 Å². The number of halogens is 1. The molecule has 3 N–H and O–H groups in total. The SMILES string of the molecule is CC1(C)Cc2c(-c3cc(NC(=O)[C@@H]4CCCC(N)C4)ncc3F)cnn2C1. The van der Waals surface area contributed by atoms with Gasteiger partial charge in [-0.25, -0.2) is 9.37 Å². The van der Waals surface area contributed by atoms with E-state index in [0.717, 1.165) is 43.5 Å².